The number of nitrogens with one attached hydrogen (secondary N) is 1. The Kier molecular flexibility index (Phi) is 6.33. The second kappa shape index (κ2) is 8.24. The van der Waals surface area contributed by atoms with Gasteiger partial charge in [0.25, 0.3) is 0 Å². The number of amides is 1. The fraction of sp³-hybridized carbons (Fsp3) is 0.125. The molecule has 0 radical (unpaired) electrons. The van der Waals surface area contributed by atoms with Gasteiger partial charge in [-0.2, -0.15) is 0 Å². The van der Waals surface area contributed by atoms with Crippen molar-refractivity contribution >= 4 is 52.5 Å². The summed E-state index contributed by atoms with van der Waals surface area (Å²) in [5.74, 6) is -1.50. The molecule has 2 aromatic carbocycles. The Labute approximate surface area is 147 Å². The number of hydrogen-bond acceptors (Lipinski definition) is 3. The molecule has 0 aliphatic heterocycles. The van der Waals surface area contributed by atoms with Crippen molar-refractivity contribution in [3.8, 4) is 0 Å². The fourth-order valence-electron chi connectivity index (χ4n) is 1.89. The summed E-state index contributed by atoms with van der Waals surface area (Å²) in [5.41, 5.74) is 1.15. The number of halogens is 2. The van der Waals surface area contributed by atoms with E-state index in [1.165, 1.54) is 6.07 Å². The van der Waals surface area contributed by atoms with Gasteiger partial charge in [-0.15, -0.1) is 11.8 Å². The van der Waals surface area contributed by atoms with E-state index >= 15 is 0 Å². The molecule has 0 aliphatic rings. The molecule has 4 nitrogen and oxygen atoms in total. The van der Waals surface area contributed by atoms with Crippen LogP contribution in [0.2, 0.25) is 10.0 Å². The molecule has 2 rings (SSSR count). The summed E-state index contributed by atoms with van der Waals surface area (Å²) in [6, 6.07) is 13.7. The van der Waals surface area contributed by atoms with Crippen LogP contribution in [0.4, 0.5) is 5.69 Å². The first-order valence-electron chi connectivity index (χ1n) is 6.61. The molecule has 0 aliphatic carbocycles. The Morgan fingerprint density at radius 2 is 1.83 bits per heavy atom. The predicted octanol–water partition coefficient (Wildman–Crippen LogP) is 4.49. The molecule has 0 aromatic heterocycles. The predicted molar refractivity (Wildman–Crippen MR) is 94.4 cm³/mol. The van der Waals surface area contributed by atoms with E-state index in [2.05, 4.69) is 5.32 Å². The van der Waals surface area contributed by atoms with Crippen LogP contribution in [-0.4, -0.2) is 22.7 Å². The van der Waals surface area contributed by atoms with Gasteiger partial charge in [0.15, 0.2) is 0 Å². The summed E-state index contributed by atoms with van der Waals surface area (Å²) in [6.45, 7) is 0. The molecule has 0 saturated carbocycles. The van der Waals surface area contributed by atoms with Crippen molar-refractivity contribution in [2.24, 2.45) is 0 Å². The topological polar surface area (TPSA) is 66.4 Å². The van der Waals surface area contributed by atoms with Gasteiger partial charge < -0.3 is 10.4 Å². The lowest BCUT2D eigenvalue weighted by Gasteiger charge is -2.17. The molecule has 1 amide bonds. The quantitative estimate of drug-likeness (QED) is 0.786. The maximum Gasteiger partial charge on any atom is 0.313 e. The highest BCUT2D eigenvalue weighted by atomic mass is 35.5. The maximum atomic E-state index is 12.5. The van der Waals surface area contributed by atoms with E-state index in [-0.39, 0.29) is 11.7 Å². The van der Waals surface area contributed by atoms with E-state index in [0.29, 0.717) is 15.7 Å². The van der Waals surface area contributed by atoms with Crippen LogP contribution in [0.3, 0.4) is 0 Å². The first-order valence-corrected chi connectivity index (χ1v) is 8.42. The van der Waals surface area contributed by atoms with Crippen molar-refractivity contribution in [3.05, 3.63) is 64.1 Å². The summed E-state index contributed by atoms with van der Waals surface area (Å²) in [6.07, 6.45) is 0. The zero-order valence-electron chi connectivity index (χ0n) is 11.8. The van der Waals surface area contributed by atoms with E-state index in [1.54, 1.807) is 36.4 Å². The van der Waals surface area contributed by atoms with Crippen molar-refractivity contribution in [2.45, 2.75) is 5.25 Å². The molecule has 0 fully saturated rings. The minimum atomic E-state index is -0.978. The van der Waals surface area contributed by atoms with Gasteiger partial charge in [0, 0.05) is 5.02 Å². The van der Waals surface area contributed by atoms with Gasteiger partial charge in [0.2, 0.25) is 5.91 Å². The second-order valence-electron chi connectivity index (χ2n) is 4.61. The number of aliphatic carboxylic acids is 1. The molecule has 2 aromatic rings. The number of carbonyl (C=O) groups excluding carboxylic acids is 1. The van der Waals surface area contributed by atoms with Crippen molar-refractivity contribution in [1.29, 1.82) is 0 Å². The van der Waals surface area contributed by atoms with Gasteiger partial charge in [-0.3, -0.25) is 9.59 Å². The van der Waals surface area contributed by atoms with Crippen LogP contribution in [-0.2, 0) is 9.59 Å². The third-order valence-corrected chi connectivity index (χ3v) is 4.68. The first kappa shape index (κ1) is 17.7. The Bertz CT molecular complexity index is 710. The number of carboxylic acid groups (broad SMARTS) is 1. The summed E-state index contributed by atoms with van der Waals surface area (Å²) in [4.78, 5) is 23.4. The van der Waals surface area contributed by atoms with Crippen LogP contribution in [0, 0.1) is 0 Å². The zero-order valence-corrected chi connectivity index (χ0v) is 14.2. The van der Waals surface area contributed by atoms with E-state index < -0.39 is 11.2 Å². The van der Waals surface area contributed by atoms with Gasteiger partial charge in [0.1, 0.15) is 5.25 Å². The van der Waals surface area contributed by atoms with Gasteiger partial charge in [-0.1, -0.05) is 53.5 Å². The minimum absolute atomic E-state index is 0.179. The van der Waals surface area contributed by atoms with Crippen LogP contribution in [0.5, 0.6) is 0 Å². The Morgan fingerprint density at radius 1 is 1.13 bits per heavy atom. The van der Waals surface area contributed by atoms with E-state index in [0.717, 1.165) is 17.3 Å². The average Bonchev–Trinajstić information content (AvgIpc) is 2.51. The number of carbonyl (C=O) groups is 2. The standard InChI is InChI=1S/C16H13Cl2NO3S/c17-11-6-7-13(12(18)8-11)19-16(22)15(23-9-14(20)21)10-4-2-1-3-5-10/h1-8,15H,9H2,(H,19,22)(H,20,21)/t15-/m0/s1. The Hall–Kier alpha value is -1.69. The molecule has 120 valence electrons. The molecule has 0 bridgehead atoms. The van der Waals surface area contributed by atoms with E-state index in [1.807, 2.05) is 6.07 Å². The van der Waals surface area contributed by atoms with Crippen molar-refractivity contribution < 1.29 is 14.7 Å². The normalized spacial score (nSPS) is 11.7. The molecule has 0 heterocycles. The Morgan fingerprint density at radius 3 is 2.43 bits per heavy atom. The van der Waals surface area contributed by atoms with Crippen LogP contribution in [0.25, 0.3) is 0 Å². The second-order valence-corrected chi connectivity index (χ2v) is 6.55. The van der Waals surface area contributed by atoms with Crippen molar-refractivity contribution in [1.82, 2.24) is 0 Å². The van der Waals surface area contributed by atoms with Crippen LogP contribution in [0.1, 0.15) is 10.8 Å². The number of anilines is 1. The summed E-state index contributed by atoms with van der Waals surface area (Å²) >= 11 is 12.9. The highest BCUT2D eigenvalue weighted by Gasteiger charge is 2.23. The van der Waals surface area contributed by atoms with Gasteiger partial charge in [-0.05, 0) is 23.8 Å². The first-order chi connectivity index (χ1) is 11.0. The highest BCUT2D eigenvalue weighted by molar-refractivity contribution is 8.00. The zero-order chi connectivity index (χ0) is 16.8. The summed E-state index contributed by atoms with van der Waals surface area (Å²) in [5, 5.41) is 11.7. The summed E-state index contributed by atoms with van der Waals surface area (Å²) < 4.78 is 0. The van der Waals surface area contributed by atoms with Gasteiger partial charge >= 0.3 is 5.97 Å². The number of thioether (sulfide) groups is 1. The fourth-order valence-corrected chi connectivity index (χ4v) is 3.22. The highest BCUT2D eigenvalue weighted by Crippen LogP contribution is 2.32. The van der Waals surface area contributed by atoms with E-state index in [9.17, 15) is 9.59 Å². The third-order valence-electron chi connectivity index (χ3n) is 2.90. The molecule has 1 atom stereocenters. The molecular weight excluding hydrogens is 357 g/mol. The van der Waals surface area contributed by atoms with Crippen LogP contribution < -0.4 is 5.32 Å². The SMILES string of the molecule is O=C(O)CS[C@H](C(=O)Nc1ccc(Cl)cc1Cl)c1ccccc1. The number of carboxylic acids is 1. The maximum absolute atomic E-state index is 12.5. The number of benzene rings is 2. The molecule has 23 heavy (non-hydrogen) atoms. The molecule has 0 saturated heterocycles. The third kappa shape index (κ3) is 5.16. The monoisotopic (exact) mass is 369 g/mol. The Balaban J connectivity index is 2.20. The summed E-state index contributed by atoms with van der Waals surface area (Å²) in [7, 11) is 0. The van der Waals surface area contributed by atoms with E-state index in [4.69, 9.17) is 28.3 Å². The van der Waals surface area contributed by atoms with Crippen LogP contribution >= 0.6 is 35.0 Å². The van der Waals surface area contributed by atoms with Gasteiger partial charge in [-0.25, -0.2) is 0 Å². The lowest BCUT2D eigenvalue weighted by atomic mass is 10.1. The van der Waals surface area contributed by atoms with Crippen LogP contribution in [0.15, 0.2) is 48.5 Å². The van der Waals surface area contributed by atoms with Crippen molar-refractivity contribution in [2.75, 3.05) is 11.1 Å². The molecule has 0 unspecified atom stereocenters. The minimum Gasteiger partial charge on any atom is -0.481 e. The lowest BCUT2D eigenvalue weighted by Crippen LogP contribution is -2.20. The number of rotatable bonds is 6. The lowest BCUT2D eigenvalue weighted by molar-refractivity contribution is -0.133. The largest absolute Gasteiger partial charge is 0.481 e. The molecule has 2 N–H and O–H groups in total. The number of hydrogen-bond donors (Lipinski definition) is 2. The van der Waals surface area contributed by atoms with Crippen molar-refractivity contribution in [3.63, 3.8) is 0 Å². The molecule has 0 spiro atoms. The molecule has 7 heteroatoms. The van der Waals surface area contributed by atoms with Gasteiger partial charge in [0.05, 0.1) is 16.5 Å². The smallest absolute Gasteiger partial charge is 0.313 e. The average molecular weight is 370 g/mol. The molecular formula is C16H13Cl2NO3S.